The molecule has 1 aliphatic carbocycles. The minimum atomic E-state index is -0.440. The van der Waals surface area contributed by atoms with Crippen LogP contribution in [0.5, 0.6) is 5.75 Å². The van der Waals surface area contributed by atoms with Crippen molar-refractivity contribution in [3.05, 3.63) is 29.6 Å². The van der Waals surface area contributed by atoms with Crippen molar-refractivity contribution >= 4 is 5.91 Å². The third-order valence-electron chi connectivity index (χ3n) is 4.23. The maximum atomic E-state index is 13.5. The van der Waals surface area contributed by atoms with Crippen LogP contribution >= 0.6 is 0 Å². The number of amides is 1. The van der Waals surface area contributed by atoms with Crippen molar-refractivity contribution in [3.8, 4) is 5.75 Å². The molecule has 2 aliphatic rings. The summed E-state index contributed by atoms with van der Waals surface area (Å²) < 4.78 is 18.4. The predicted molar refractivity (Wildman–Crippen MR) is 78.0 cm³/mol. The van der Waals surface area contributed by atoms with E-state index in [1.54, 1.807) is 0 Å². The molecule has 2 fully saturated rings. The number of nitrogens with one attached hydrogen (secondary N) is 1. The second-order valence-electron chi connectivity index (χ2n) is 5.83. The highest BCUT2D eigenvalue weighted by Gasteiger charge is 2.35. The van der Waals surface area contributed by atoms with E-state index in [9.17, 15) is 9.18 Å². The zero-order valence-electron chi connectivity index (χ0n) is 12.3. The number of hydrogen-bond donors (Lipinski definition) is 1. The number of carbonyl (C=O) groups excluding carboxylic acids is 1. The van der Waals surface area contributed by atoms with Crippen molar-refractivity contribution in [3.63, 3.8) is 0 Å². The van der Waals surface area contributed by atoms with Crippen LogP contribution in [0.3, 0.4) is 0 Å². The van der Waals surface area contributed by atoms with Gasteiger partial charge in [-0.05, 0) is 50.4 Å². The summed E-state index contributed by atoms with van der Waals surface area (Å²) in [6.45, 7) is 1.77. The van der Waals surface area contributed by atoms with Gasteiger partial charge in [0.2, 0.25) is 0 Å². The van der Waals surface area contributed by atoms with Gasteiger partial charge in [0.1, 0.15) is 0 Å². The molecule has 0 bridgehead atoms. The van der Waals surface area contributed by atoms with Crippen molar-refractivity contribution in [1.29, 1.82) is 0 Å². The van der Waals surface area contributed by atoms with Gasteiger partial charge in [-0.3, -0.25) is 4.79 Å². The van der Waals surface area contributed by atoms with Crippen LogP contribution in [0.15, 0.2) is 18.2 Å². The summed E-state index contributed by atoms with van der Waals surface area (Å²) in [6, 6.07) is 5.06. The maximum Gasteiger partial charge on any atom is 0.254 e. The summed E-state index contributed by atoms with van der Waals surface area (Å²) in [6.07, 6.45) is 4.42. The molecule has 0 radical (unpaired) electrons. The van der Waals surface area contributed by atoms with Crippen LogP contribution in [0.2, 0.25) is 0 Å². The summed E-state index contributed by atoms with van der Waals surface area (Å²) in [4.78, 5) is 14.7. The maximum absolute atomic E-state index is 13.5. The standard InChI is InChI=1S/C16H21FN2O2/c1-21-15-9-11(4-7-14(15)17)16(20)19(13-5-6-13)10-12-3-2-8-18-12/h4,7,9,12-13,18H,2-3,5-6,8,10H2,1H3. The zero-order valence-corrected chi connectivity index (χ0v) is 12.3. The molecule has 0 spiro atoms. The molecule has 1 amide bonds. The van der Waals surface area contributed by atoms with Crippen molar-refractivity contribution in [1.82, 2.24) is 10.2 Å². The highest BCUT2D eigenvalue weighted by molar-refractivity contribution is 5.95. The molecule has 4 nitrogen and oxygen atoms in total. The van der Waals surface area contributed by atoms with E-state index in [2.05, 4.69) is 5.32 Å². The molecule has 1 unspecified atom stereocenters. The predicted octanol–water partition coefficient (Wildman–Crippen LogP) is 2.19. The molecule has 1 saturated heterocycles. The number of halogens is 1. The van der Waals surface area contributed by atoms with Crippen LogP contribution in [0.1, 0.15) is 36.0 Å². The number of ether oxygens (including phenoxy) is 1. The summed E-state index contributed by atoms with van der Waals surface area (Å²) in [5.74, 6) is -0.343. The van der Waals surface area contributed by atoms with Crippen molar-refractivity contribution in [2.45, 2.75) is 37.8 Å². The van der Waals surface area contributed by atoms with Gasteiger partial charge < -0.3 is 15.0 Å². The molecule has 114 valence electrons. The Kier molecular flexibility index (Phi) is 4.10. The summed E-state index contributed by atoms with van der Waals surface area (Å²) >= 11 is 0. The van der Waals surface area contributed by atoms with Gasteiger partial charge in [-0.2, -0.15) is 0 Å². The Hall–Kier alpha value is -1.62. The van der Waals surface area contributed by atoms with Gasteiger partial charge in [0.05, 0.1) is 7.11 Å². The van der Waals surface area contributed by atoms with Gasteiger partial charge >= 0.3 is 0 Å². The molecule has 21 heavy (non-hydrogen) atoms. The topological polar surface area (TPSA) is 41.6 Å². The molecule has 1 N–H and O–H groups in total. The fourth-order valence-electron chi connectivity index (χ4n) is 2.89. The molecule has 1 aromatic carbocycles. The van der Waals surface area contributed by atoms with Gasteiger partial charge in [0.15, 0.2) is 11.6 Å². The summed E-state index contributed by atoms with van der Waals surface area (Å²) in [7, 11) is 1.41. The lowest BCUT2D eigenvalue weighted by Gasteiger charge is -2.26. The molecule has 1 atom stereocenters. The molecular weight excluding hydrogens is 271 g/mol. The Morgan fingerprint density at radius 2 is 2.24 bits per heavy atom. The first-order chi connectivity index (χ1) is 10.2. The number of carbonyl (C=O) groups is 1. The highest BCUT2D eigenvalue weighted by Crippen LogP contribution is 2.30. The fraction of sp³-hybridized carbons (Fsp3) is 0.562. The summed E-state index contributed by atoms with van der Waals surface area (Å²) in [5, 5.41) is 3.43. The van der Waals surface area contributed by atoms with E-state index in [0.717, 1.165) is 32.4 Å². The lowest BCUT2D eigenvalue weighted by Crippen LogP contribution is -2.42. The van der Waals surface area contributed by atoms with Crippen LogP contribution in [-0.2, 0) is 0 Å². The molecule has 1 heterocycles. The van der Waals surface area contributed by atoms with Gasteiger partial charge in [-0.25, -0.2) is 4.39 Å². The molecule has 5 heteroatoms. The third kappa shape index (κ3) is 3.18. The van der Waals surface area contributed by atoms with E-state index in [4.69, 9.17) is 4.74 Å². The fourth-order valence-corrected chi connectivity index (χ4v) is 2.89. The SMILES string of the molecule is COc1cc(C(=O)N(CC2CCCN2)C2CC2)ccc1F. The van der Waals surface area contributed by atoms with Crippen molar-refractivity contribution in [2.75, 3.05) is 20.2 Å². The van der Waals surface area contributed by atoms with E-state index in [0.29, 0.717) is 17.6 Å². The minimum absolute atomic E-state index is 0.0236. The Bertz CT molecular complexity index is 525. The van der Waals surface area contributed by atoms with Crippen LogP contribution < -0.4 is 10.1 Å². The van der Waals surface area contributed by atoms with E-state index < -0.39 is 5.82 Å². The first-order valence-corrected chi connectivity index (χ1v) is 7.57. The average molecular weight is 292 g/mol. The number of benzene rings is 1. The van der Waals surface area contributed by atoms with Gasteiger partial charge in [0, 0.05) is 24.2 Å². The van der Waals surface area contributed by atoms with Crippen LogP contribution in [0.25, 0.3) is 0 Å². The number of methoxy groups -OCH3 is 1. The normalized spacial score (nSPS) is 21.3. The van der Waals surface area contributed by atoms with Crippen molar-refractivity contribution < 1.29 is 13.9 Å². The monoisotopic (exact) mass is 292 g/mol. The summed E-state index contributed by atoms with van der Waals surface area (Å²) in [5.41, 5.74) is 0.498. The largest absolute Gasteiger partial charge is 0.494 e. The number of rotatable bonds is 5. The molecule has 1 aliphatic heterocycles. The van der Waals surface area contributed by atoms with E-state index in [1.165, 1.54) is 31.7 Å². The van der Waals surface area contributed by atoms with Gasteiger partial charge in [-0.15, -0.1) is 0 Å². The average Bonchev–Trinajstić information content (AvgIpc) is 3.21. The first-order valence-electron chi connectivity index (χ1n) is 7.57. The third-order valence-corrected chi connectivity index (χ3v) is 4.23. The van der Waals surface area contributed by atoms with Gasteiger partial charge in [-0.1, -0.05) is 0 Å². The first kappa shape index (κ1) is 14.3. The molecule has 3 rings (SSSR count). The minimum Gasteiger partial charge on any atom is -0.494 e. The second kappa shape index (κ2) is 6.02. The Morgan fingerprint density at radius 1 is 1.43 bits per heavy atom. The highest BCUT2D eigenvalue weighted by atomic mass is 19.1. The van der Waals surface area contributed by atoms with E-state index >= 15 is 0 Å². The lowest BCUT2D eigenvalue weighted by atomic mass is 10.1. The molecule has 0 aromatic heterocycles. The molecule has 1 aromatic rings. The van der Waals surface area contributed by atoms with E-state index in [-0.39, 0.29) is 11.7 Å². The molecular formula is C16H21FN2O2. The lowest BCUT2D eigenvalue weighted by molar-refractivity contribution is 0.0728. The number of hydrogen-bond acceptors (Lipinski definition) is 3. The van der Waals surface area contributed by atoms with Crippen LogP contribution in [0, 0.1) is 5.82 Å². The van der Waals surface area contributed by atoms with Crippen molar-refractivity contribution in [2.24, 2.45) is 0 Å². The van der Waals surface area contributed by atoms with Crippen LogP contribution in [0.4, 0.5) is 4.39 Å². The smallest absolute Gasteiger partial charge is 0.254 e. The Morgan fingerprint density at radius 3 is 2.86 bits per heavy atom. The zero-order chi connectivity index (χ0) is 14.8. The number of nitrogens with zero attached hydrogens (tertiary/aromatic N) is 1. The van der Waals surface area contributed by atoms with Crippen LogP contribution in [-0.4, -0.2) is 43.1 Å². The van der Waals surface area contributed by atoms with E-state index in [1.807, 2.05) is 4.90 Å². The molecule has 1 saturated carbocycles. The Labute approximate surface area is 124 Å². The van der Waals surface area contributed by atoms with Gasteiger partial charge in [0.25, 0.3) is 5.91 Å². The quantitative estimate of drug-likeness (QED) is 0.904. The second-order valence-corrected chi connectivity index (χ2v) is 5.83. The Balaban J connectivity index is 1.76.